The van der Waals surface area contributed by atoms with E-state index in [-0.39, 0.29) is 23.1 Å². The molecule has 0 heterocycles. The summed E-state index contributed by atoms with van der Waals surface area (Å²) < 4.78 is 0. The quantitative estimate of drug-likeness (QED) is 0.280. The van der Waals surface area contributed by atoms with Gasteiger partial charge in [0.25, 0.3) is 0 Å². The Labute approximate surface area is 201 Å². The van der Waals surface area contributed by atoms with E-state index >= 15 is 0 Å². The van der Waals surface area contributed by atoms with Crippen LogP contribution in [0.4, 0.5) is 0 Å². The van der Waals surface area contributed by atoms with Gasteiger partial charge in [-0.15, -0.1) is 0 Å². The molecule has 34 heavy (non-hydrogen) atoms. The van der Waals surface area contributed by atoms with Crippen molar-refractivity contribution >= 4 is 5.97 Å². The molecule has 0 aliphatic heterocycles. The average molecular weight is 451 g/mol. The SMILES string of the molecule is Cc1cccc(CCC(CC(c2ccccc2)c2ccc(O)c(C(=O)O)c2)c2ccccc2)c1. The van der Waals surface area contributed by atoms with Crippen LogP contribution in [0.2, 0.25) is 0 Å². The van der Waals surface area contributed by atoms with E-state index in [0.29, 0.717) is 0 Å². The Hall–Kier alpha value is -3.85. The molecule has 4 rings (SSSR count). The lowest BCUT2D eigenvalue weighted by Gasteiger charge is -2.26. The number of hydrogen-bond acceptors (Lipinski definition) is 2. The van der Waals surface area contributed by atoms with Crippen LogP contribution in [0, 0.1) is 6.92 Å². The number of hydrogen-bond donors (Lipinski definition) is 2. The highest BCUT2D eigenvalue weighted by atomic mass is 16.4. The highest BCUT2D eigenvalue weighted by Crippen LogP contribution is 2.38. The fraction of sp³-hybridized carbons (Fsp3) is 0.194. The van der Waals surface area contributed by atoms with Crippen LogP contribution in [-0.4, -0.2) is 16.2 Å². The van der Waals surface area contributed by atoms with Gasteiger partial charge in [-0.25, -0.2) is 4.79 Å². The van der Waals surface area contributed by atoms with Crippen LogP contribution < -0.4 is 0 Å². The average Bonchev–Trinajstić information content (AvgIpc) is 2.86. The summed E-state index contributed by atoms with van der Waals surface area (Å²) in [7, 11) is 0. The maximum absolute atomic E-state index is 11.7. The number of benzene rings is 4. The van der Waals surface area contributed by atoms with Gasteiger partial charge in [-0.1, -0.05) is 96.6 Å². The monoisotopic (exact) mass is 450 g/mol. The smallest absolute Gasteiger partial charge is 0.339 e. The topological polar surface area (TPSA) is 57.5 Å². The normalized spacial score (nSPS) is 12.7. The van der Waals surface area contributed by atoms with Crippen molar-refractivity contribution in [3.63, 3.8) is 0 Å². The zero-order valence-corrected chi connectivity index (χ0v) is 19.4. The number of aryl methyl sites for hydroxylation is 2. The molecule has 4 aromatic rings. The summed E-state index contributed by atoms with van der Waals surface area (Å²) in [5, 5.41) is 19.6. The van der Waals surface area contributed by atoms with E-state index in [2.05, 4.69) is 67.6 Å². The first kappa shape index (κ1) is 23.3. The van der Waals surface area contributed by atoms with Crippen molar-refractivity contribution in [1.82, 2.24) is 0 Å². The van der Waals surface area contributed by atoms with Gasteiger partial charge in [0.1, 0.15) is 11.3 Å². The number of carbonyl (C=O) groups is 1. The Morgan fingerprint density at radius 3 is 2.09 bits per heavy atom. The summed E-state index contributed by atoms with van der Waals surface area (Å²) in [6, 6.07) is 34.4. The Kier molecular flexibility index (Phi) is 7.44. The van der Waals surface area contributed by atoms with Crippen molar-refractivity contribution in [2.45, 2.75) is 38.0 Å². The lowest BCUT2D eigenvalue weighted by atomic mass is 9.78. The predicted molar refractivity (Wildman–Crippen MR) is 137 cm³/mol. The number of rotatable bonds is 9. The molecule has 2 N–H and O–H groups in total. The number of phenols is 1. The second kappa shape index (κ2) is 10.8. The van der Waals surface area contributed by atoms with Crippen LogP contribution in [-0.2, 0) is 6.42 Å². The molecule has 2 unspecified atom stereocenters. The van der Waals surface area contributed by atoms with Gasteiger partial charge in [0.2, 0.25) is 0 Å². The van der Waals surface area contributed by atoms with Crippen LogP contribution in [0.25, 0.3) is 0 Å². The molecule has 0 amide bonds. The molecule has 0 spiro atoms. The number of carboxylic acid groups (broad SMARTS) is 1. The van der Waals surface area contributed by atoms with Gasteiger partial charge in [-0.05, 0) is 66.5 Å². The standard InChI is InChI=1S/C31H30O3/c1-22-9-8-10-23(19-22)15-16-26(24-11-4-2-5-12-24)20-28(25-13-6-3-7-14-25)27-17-18-30(32)29(21-27)31(33)34/h2-14,17-19,21,26,28,32H,15-16,20H2,1H3,(H,33,34). The van der Waals surface area contributed by atoms with Gasteiger partial charge in [-0.2, -0.15) is 0 Å². The van der Waals surface area contributed by atoms with Gasteiger partial charge in [0, 0.05) is 5.92 Å². The Morgan fingerprint density at radius 2 is 1.44 bits per heavy atom. The maximum Gasteiger partial charge on any atom is 0.339 e. The summed E-state index contributed by atoms with van der Waals surface area (Å²) in [5.41, 5.74) is 5.86. The van der Waals surface area contributed by atoms with E-state index in [9.17, 15) is 15.0 Å². The Morgan fingerprint density at radius 1 is 0.765 bits per heavy atom. The zero-order valence-electron chi connectivity index (χ0n) is 19.4. The van der Waals surface area contributed by atoms with Crippen LogP contribution >= 0.6 is 0 Å². The Balaban J connectivity index is 1.70. The zero-order chi connectivity index (χ0) is 23.9. The van der Waals surface area contributed by atoms with E-state index in [4.69, 9.17) is 0 Å². The van der Waals surface area contributed by atoms with Gasteiger partial charge in [-0.3, -0.25) is 0 Å². The molecular formula is C31H30O3. The highest BCUT2D eigenvalue weighted by molar-refractivity contribution is 5.91. The van der Waals surface area contributed by atoms with Crippen LogP contribution in [0.3, 0.4) is 0 Å². The summed E-state index contributed by atoms with van der Waals surface area (Å²) in [6.45, 7) is 2.12. The van der Waals surface area contributed by atoms with Crippen LogP contribution in [0.15, 0.2) is 103 Å². The van der Waals surface area contributed by atoms with E-state index in [1.54, 1.807) is 6.07 Å². The number of aromatic hydroxyl groups is 1. The largest absolute Gasteiger partial charge is 0.507 e. The van der Waals surface area contributed by atoms with Crippen LogP contribution in [0.1, 0.15) is 62.9 Å². The third-order valence-corrected chi connectivity index (χ3v) is 6.51. The van der Waals surface area contributed by atoms with Crippen molar-refractivity contribution in [2.24, 2.45) is 0 Å². The first-order valence-electron chi connectivity index (χ1n) is 11.7. The molecule has 0 saturated heterocycles. The second-order valence-electron chi connectivity index (χ2n) is 8.92. The first-order valence-corrected chi connectivity index (χ1v) is 11.7. The van der Waals surface area contributed by atoms with Crippen molar-refractivity contribution < 1.29 is 15.0 Å². The van der Waals surface area contributed by atoms with E-state index in [1.807, 2.05) is 30.3 Å². The minimum absolute atomic E-state index is 0.00242. The van der Waals surface area contributed by atoms with E-state index in [0.717, 1.165) is 30.4 Å². The van der Waals surface area contributed by atoms with E-state index < -0.39 is 5.97 Å². The second-order valence-corrected chi connectivity index (χ2v) is 8.92. The molecule has 3 heteroatoms. The summed E-state index contributed by atoms with van der Waals surface area (Å²) in [4.78, 5) is 11.7. The van der Waals surface area contributed by atoms with Gasteiger partial charge in [0.15, 0.2) is 0 Å². The van der Waals surface area contributed by atoms with Crippen molar-refractivity contribution in [3.05, 3.63) is 137 Å². The van der Waals surface area contributed by atoms with Gasteiger partial charge < -0.3 is 10.2 Å². The first-order chi connectivity index (χ1) is 16.5. The van der Waals surface area contributed by atoms with Crippen molar-refractivity contribution in [1.29, 1.82) is 0 Å². The maximum atomic E-state index is 11.7. The third kappa shape index (κ3) is 5.74. The minimum Gasteiger partial charge on any atom is -0.507 e. The molecule has 0 aliphatic carbocycles. The van der Waals surface area contributed by atoms with Crippen molar-refractivity contribution in [3.8, 4) is 5.75 Å². The molecule has 0 radical (unpaired) electrons. The fourth-order valence-electron chi connectivity index (χ4n) is 4.73. The molecule has 3 nitrogen and oxygen atoms in total. The van der Waals surface area contributed by atoms with Crippen LogP contribution in [0.5, 0.6) is 5.75 Å². The molecular weight excluding hydrogens is 420 g/mol. The fourth-order valence-corrected chi connectivity index (χ4v) is 4.73. The van der Waals surface area contributed by atoms with Crippen molar-refractivity contribution in [2.75, 3.05) is 0 Å². The molecule has 4 aromatic carbocycles. The number of aromatic carboxylic acids is 1. The Bertz CT molecular complexity index is 1230. The van der Waals surface area contributed by atoms with Gasteiger partial charge in [0.05, 0.1) is 0 Å². The lowest BCUT2D eigenvalue weighted by Crippen LogP contribution is -2.11. The molecule has 0 saturated carbocycles. The summed E-state index contributed by atoms with van der Waals surface area (Å²) in [6.07, 6.45) is 2.79. The molecule has 0 bridgehead atoms. The molecule has 0 fully saturated rings. The number of carboxylic acids is 1. The molecule has 0 aliphatic rings. The summed E-state index contributed by atoms with van der Waals surface area (Å²) in [5.74, 6) is -1.04. The molecule has 2 atom stereocenters. The minimum atomic E-state index is -1.12. The molecule has 0 aromatic heterocycles. The predicted octanol–water partition coefficient (Wildman–Crippen LogP) is 7.34. The van der Waals surface area contributed by atoms with E-state index in [1.165, 1.54) is 22.8 Å². The van der Waals surface area contributed by atoms with Gasteiger partial charge >= 0.3 is 5.97 Å². The lowest BCUT2D eigenvalue weighted by molar-refractivity contribution is 0.0693. The third-order valence-electron chi connectivity index (χ3n) is 6.51. The highest BCUT2D eigenvalue weighted by Gasteiger charge is 2.23. The summed E-state index contributed by atoms with van der Waals surface area (Å²) >= 11 is 0. The molecule has 172 valence electrons.